The summed E-state index contributed by atoms with van der Waals surface area (Å²) in [5.41, 5.74) is -2.32. The summed E-state index contributed by atoms with van der Waals surface area (Å²) in [7, 11) is 0. The smallest absolute Gasteiger partial charge is 0.406 e. The number of carbonyl (C=O) groups is 2. The summed E-state index contributed by atoms with van der Waals surface area (Å²) in [6.45, 7) is 4.55. The number of thiazole rings is 1. The molecule has 0 spiro atoms. The van der Waals surface area contributed by atoms with Crippen molar-refractivity contribution in [2.75, 3.05) is 13.1 Å². The van der Waals surface area contributed by atoms with E-state index in [1.54, 1.807) is 6.92 Å². The number of nitrogens with zero attached hydrogens (tertiary/aromatic N) is 2. The number of rotatable bonds is 4. The van der Waals surface area contributed by atoms with Gasteiger partial charge in [0.05, 0.1) is 10.7 Å². The van der Waals surface area contributed by atoms with Crippen LogP contribution in [-0.4, -0.2) is 46.1 Å². The Morgan fingerprint density at radius 3 is 2.50 bits per heavy atom. The molecule has 0 radical (unpaired) electrons. The van der Waals surface area contributed by atoms with Crippen molar-refractivity contribution in [3.05, 3.63) is 15.6 Å². The van der Waals surface area contributed by atoms with Gasteiger partial charge in [-0.2, -0.15) is 13.2 Å². The highest BCUT2D eigenvalue weighted by Crippen LogP contribution is 2.46. The van der Waals surface area contributed by atoms with Gasteiger partial charge >= 0.3 is 12.1 Å². The van der Waals surface area contributed by atoms with Crippen LogP contribution in [0.4, 0.5) is 13.2 Å². The largest absolute Gasteiger partial charge is 0.481 e. The van der Waals surface area contributed by atoms with E-state index in [1.807, 2.05) is 13.8 Å². The first-order valence-corrected chi connectivity index (χ1v) is 8.35. The highest BCUT2D eigenvalue weighted by atomic mass is 32.1. The molecule has 2 heterocycles. The summed E-state index contributed by atoms with van der Waals surface area (Å²) in [6, 6.07) is 0. The zero-order valence-corrected chi connectivity index (χ0v) is 14.4. The Bertz CT molecular complexity index is 657. The van der Waals surface area contributed by atoms with Gasteiger partial charge in [-0.1, -0.05) is 13.8 Å². The summed E-state index contributed by atoms with van der Waals surface area (Å²) < 4.78 is 39.7. The third-order valence-corrected chi connectivity index (χ3v) is 5.11. The molecule has 5 nitrogen and oxygen atoms in total. The van der Waals surface area contributed by atoms with E-state index in [9.17, 15) is 22.8 Å². The SMILES string of the molecule is Cc1nc(CC(C)C)c(C(=O)N2CCC(C(=O)O)(C(F)(F)F)C2)s1. The molecular weight excluding hydrogens is 345 g/mol. The van der Waals surface area contributed by atoms with Crippen LogP contribution < -0.4 is 0 Å². The Hall–Kier alpha value is -1.64. The van der Waals surface area contributed by atoms with Crippen LogP contribution >= 0.6 is 11.3 Å². The number of carboxylic acid groups (broad SMARTS) is 1. The second-order valence-corrected chi connectivity index (χ2v) is 7.67. The van der Waals surface area contributed by atoms with Gasteiger partial charge in [0, 0.05) is 13.1 Å². The van der Waals surface area contributed by atoms with Gasteiger partial charge in [0.1, 0.15) is 4.88 Å². The lowest BCUT2D eigenvalue weighted by Gasteiger charge is -2.27. The summed E-state index contributed by atoms with van der Waals surface area (Å²) in [5, 5.41) is 9.74. The molecule has 0 aromatic carbocycles. The molecule has 0 bridgehead atoms. The number of aryl methyl sites for hydroxylation is 1. The summed E-state index contributed by atoms with van der Waals surface area (Å²) in [4.78, 5) is 29.4. The van der Waals surface area contributed by atoms with Crippen molar-refractivity contribution in [3.63, 3.8) is 0 Å². The number of halogens is 3. The van der Waals surface area contributed by atoms with E-state index in [0.717, 1.165) is 16.2 Å². The van der Waals surface area contributed by atoms with Crippen LogP contribution in [0.15, 0.2) is 0 Å². The molecule has 0 saturated carbocycles. The van der Waals surface area contributed by atoms with Crippen molar-refractivity contribution in [3.8, 4) is 0 Å². The van der Waals surface area contributed by atoms with Crippen molar-refractivity contribution in [2.45, 2.75) is 39.8 Å². The average Bonchev–Trinajstić information content (AvgIpc) is 3.01. The normalized spacial score (nSPS) is 21.5. The van der Waals surface area contributed by atoms with Crippen LogP contribution in [0.2, 0.25) is 0 Å². The predicted molar refractivity (Wildman–Crippen MR) is 82.0 cm³/mol. The molecule has 1 unspecified atom stereocenters. The van der Waals surface area contributed by atoms with E-state index < -0.39 is 36.4 Å². The minimum absolute atomic E-state index is 0.233. The molecule has 9 heteroatoms. The van der Waals surface area contributed by atoms with Crippen LogP contribution in [-0.2, 0) is 11.2 Å². The van der Waals surface area contributed by atoms with Gasteiger partial charge < -0.3 is 10.0 Å². The molecule has 1 aliphatic rings. The Balaban J connectivity index is 2.28. The summed E-state index contributed by atoms with van der Waals surface area (Å²) in [5.74, 6) is -2.26. The van der Waals surface area contributed by atoms with Gasteiger partial charge in [0.15, 0.2) is 5.41 Å². The number of aromatic nitrogens is 1. The van der Waals surface area contributed by atoms with E-state index in [4.69, 9.17) is 5.11 Å². The van der Waals surface area contributed by atoms with Crippen molar-refractivity contribution in [1.29, 1.82) is 0 Å². The third kappa shape index (κ3) is 3.26. The fourth-order valence-electron chi connectivity index (χ4n) is 2.82. The van der Waals surface area contributed by atoms with Gasteiger partial charge in [-0.25, -0.2) is 4.98 Å². The van der Waals surface area contributed by atoms with E-state index in [2.05, 4.69) is 4.98 Å². The van der Waals surface area contributed by atoms with E-state index in [1.165, 1.54) is 0 Å². The molecule has 1 amide bonds. The summed E-state index contributed by atoms with van der Waals surface area (Å²) in [6.07, 6.45) is -4.99. The number of carbonyl (C=O) groups excluding carboxylic acids is 1. The summed E-state index contributed by atoms with van der Waals surface area (Å²) >= 11 is 1.14. The maximum absolute atomic E-state index is 13.2. The maximum Gasteiger partial charge on any atom is 0.406 e. The number of hydrogen-bond donors (Lipinski definition) is 1. The standard InChI is InChI=1S/C15H19F3N2O3S/c1-8(2)6-10-11(24-9(3)19-10)12(21)20-5-4-14(7-20,13(22)23)15(16,17)18/h8H,4-7H2,1-3H3,(H,22,23). The minimum Gasteiger partial charge on any atom is -0.481 e. The van der Waals surface area contributed by atoms with E-state index in [0.29, 0.717) is 22.0 Å². The van der Waals surface area contributed by atoms with Crippen molar-refractivity contribution in [1.82, 2.24) is 9.88 Å². The van der Waals surface area contributed by atoms with Crippen molar-refractivity contribution in [2.24, 2.45) is 11.3 Å². The van der Waals surface area contributed by atoms with Crippen molar-refractivity contribution < 1.29 is 27.9 Å². The lowest BCUT2D eigenvalue weighted by Crippen LogP contribution is -2.47. The fourth-order valence-corrected chi connectivity index (χ4v) is 3.73. The molecule has 2 rings (SSSR count). The predicted octanol–water partition coefficient (Wildman–Crippen LogP) is 3.13. The molecule has 1 aromatic heterocycles. The molecule has 1 N–H and O–H groups in total. The van der Waals surface area contributed by atoms with Crippen LogP contribution in [0.1, 0.15) is 40.6 Å². The minimum atomic E-state index is -4.90. The molecular formula is C15H19F3N2O3S. The Labute approximate surface area is 141 Å². The molecule has 1 atom stereocenters. The van der Waals surface area contributed by atoms with Crippen LogP contribution in [0, 0.1) is 18.3 Å². The number of carboxylic acids is 1. The van der Waals surface area contributed by atoms with E-state index >= 15 is 0 Å². The lowest BCUT2D eigenvalue weighted by molar-refractivity contribution is -0.227. The molecule has 1 aliphatic heterocycles. The first-order valence-electron chi connectivity index (χ1n) is 7.53. The average molecular weight is 364 g/mol. The first kappa shape index (κ1) is 18.7. The van der Waals surface area contributed by atoms with E-state index in [-0.39, 0.29) is 12.5 Å². The van der Waals surface area contributed by atoms with Gasteiger partial charge in [-0.3, -0.25) is 9.59 Å². The van der Waals surface area contributed by atoms with Crippen molar-refractivity contribution >= 4 is 23.2 Å². The third-order valence-electron chi connectivity index (χ3n) is 4.11. The van der Waals surface area contributed by atoms with Gasteiger partial charge in [0.25, 0.3) is 5.91 Å². The Kier molecular flexibility index (Phi) is 4.94. The molecule has 1 fully saturated rings. The second-order valence-electron chi connectivity index (χ2n) is 6.47. The van der Waals surface area contributed by atoms with Gasteiger partial charge in [-0.15, -0.1) is 11.3 Å². The second kappa shape index (κ2) is 6.34. The first-order chi connectivity index (χ1) is 11.0. The van der Waals surface area contributed by atoms with Crippen LogP contribution in [0.5, 0.6) is 0 Å². The van der Waals surface area contributed by atoms with Crippen LogP contribution in [0.3, 0.4) is 0 Å². The van der Waals surface area contributed by atoms with Gasteiger partial charge in [0.2, 0.25) is 0 Å². The Morgan fingerprint density at radius 2 is 2.04 bits per heavy atom. The zero-order valence-electron chi connectivity index (χ0n) is 13.6. The molecule has 0 aliphatic carbocycles. The highest BCUT2D eigenvalue weighted by Gasteiger charge is 2.64. The number of likely N-dealkylation sites (tertiary alicyclic amines) is 1. The quantitative estimate of drug-likeness (QED) is 0.891. The number of hydrogen-bond acceptors (Lipinski definition) is 4. The molecule has 1 saturated heterocycles. The Morgan fingerprint density at radius 1 is 1.42 bits per heavy atom. The molecule has 134 valence electrons. The van der Waals surface area contributed by atoms with Gasteiger partial charge in [-0.05, 0) is 25.7 Å². The monoisotopic (exact) mass is 364 g/mol. The lowest BCUT2D eigenvalue weighted by atomic mass is 9.86. The van der Waals surface area contributed by atoms with Crippen LogP contribution in [0.25, 0.3) is 0 Å². The molecule has 1 aromatic rings. The number of amides is 1. The number of aliphatic carboxylic acids is 1. The fraction of sp³-hybridized carbons (Fsp3) is 0.667. The molecule has 24 heavy (non-hydrogen) atoms. The zero-order chi connectivity index (χ0) is 18.3. The maximum atomic E-state index is 13.2. The number of alkyl halides is 3. The highest BCUT2D eigenvalue weighted by molar-refractivity contribution is 7.13. The topological polar surface area (TPSA) is 70.5 Å².